The molecule has 1 N–H and O–H groups in total. The Labute approximate surface area is 127 Å². The highest BCUT2D eigenvalue weighted by Gasteiger charge is 2.31. The summed E-state index contributed by atoms with van der Waals surface area (Å²) in [6.07, 6.45) is 1.92. The summed E-state index contributed by atoms with van der Waals surface area (Å²) in [5.74, 6) is 0.287. The topological polar surface area (TPSA) is 12.0 Å². The smallest absolute Gasteiger partial charge is 0.137 e. The lowest BCUT2D eigenvalue weighted by Crippen LogP contribution is -2.23. The third-order valence-corrected chi connectivity index (χ3v) is 5.06. The van der Waals surface area contributed by atoms with E-state index in [-0.39, 0.29) is 5.82 Å². The van der Waals surface area contributed by atoms with E-state index < -0.39 is 0 Å². The van der Waals surface area contributed by atoms with Crippen LogP contribution in [0.3, 0.4) is 0 Å². The van der Waals surface area contributed by atoms with E-state index >= 15 is 0 Å². The van der Waals surface area contributed by atoms with Gasteiger partial charge in [0.15, 0.2) is 0 Å². The van der Waals surface area contributed by atoms with Crippen LogP contribution >= 0.6 is 15.9 Å². The van der Waals surface area contributed by atoms with E-state index in [2.05, 4.69) is 45.5 Å². The van der Waals surface area contributed by atoms with E-state index in [1.54, 1.807) is 6.07 Å². The van der Waals surface area contributed by atoms with E-state index in [4.69, 9.17) is 0 Å². The normalized spacial score (nSPS) is 20.9. The Morgan fingerprint density at radius 3 is 2.80 bits per heavy atom. The molecule has 1 aliphatic rings. The molecular formula is C17H17BrFN. The van der Waals surface area contributed by atoms with Gasteiger partial charge in [-0.2, -0.15) is 0 Å². The first-order valence-electron chi connectivity index (χ1n) is 6.88. The Morgan fingerprint density at radius 2 is 2.00 bits per heavy atom. The summed E-state index contributed by atoms with van der Waals surface area (Å²) < 4.78 is 14.2. The quantitative estimate of drug-likeness (QED) is 0.884. The van der Waals surface area contributed by atoms with Crippen molar-refractivity contribution in [3.8, 4) is 0 Å². The SMILES string of the molecule is CNC1c2ccccc2CC1Cc1cccc(F)c1Br. The summed E-state index contributed by atoms with van der Waals surface area (Å²) in [4.78, 5) is 0. The van der Waals surface area contributed by atoms with Gasteiger partial charge in [-0.1, -0.05) is 36.4 Å². The number of hydrogen-bond acceptors (Lipinski definition) is 1. The van der Waals surface area contributed by atoms with Crippen molar-refractivity contribution >= 4 is 15.9 Å². The minimum atomic E-state index is -0.181. The van der Waals surface area contributed by atoms with Crippen LogP contribution in [0.4, 0.5) is 4.39 Å². The fourth-order valence-corrected chi connectivity index (χ4v) is 3.67. The summed E-state index contributed by atoms with van der Waals surface area (Å²) in [6.45, 7) is 0. The van der Waals surface area contributed by atoms with Crippen molar-refractivity contribution in [2.45, 2.75) is 18.9 Å². The van der Waals surface area contributed by atoms with Gasteiger partial charge in [0.1, 0.15) is 5.82 Å². The van der Waals surface area contributed by atoms with Gasteiger partial charge in [0, 0.05) is 6.04 Å². The number of fused-ring (bicyclic) bond motifs is 1. The molecule has 2 atom stereocenters. The van der Waals surface area contributed by atoms with Gasteiger partial charge in [-0.3, -0.25) is 0 Å². The number of halogens is 2. The Kier molecular flexibility index (Phi) is 3.90. The van der Waals surface area contributed by atoms with E-state index in [1.165, 1.54) is 17.2 Å². The zero-order valence-corrected chi connectivity index (χ0v) is 13.0. The maximum absolute atomic E-state index is 13.6. The van der Waals surface area contributed by atoms with Crippen LogP contribution in [0.25, 0.3) is 0 Å². The van der Waals surface area contributed by atoms with Crippen LogP contribution in [0.15, 0.2) is 46.9 Å². The minimum Gasteiger partial charge on any atom is -0.313 e. The number of rotatable bonds is 3. The van der Waals surface area contributed by atoms with Crippen LogP contribution in [-0.2, 0) is 12.8 Å². The summed E-state index contributed by atoms with van der Waals surface area (Å²) in [7, 11) is 2.00. The summed E-state index contributed by atoms with van der Waals surface area (Å²) in [5.41, 5.74) is 3.83. The summed E-state index contributed by atoms with van der Waals surface area (Å²) in [6, 6.07) is 14.2. The molecule has 20 heavy (non-hydrogen) atoms. The molecule has 3 rings (SSSR count). The molecule has 2 aromatic carbocycles. The van der Waals surface area contributed by atoms with E-state index in [0.717, 1.165) is 18.4 Å². The third kappa shape index (κ3) is 2.40. The van der Waals surface area contributed by atoms with Gasteiger partial charge in [-0.15, -0.1) is 0 Å². The van der Waals surface area contributed by atoms with Crippen LogP contribution < -0.4 is 5.32 Å². The van der Waals surface area contributed by atoms with Crippen LogP contribution in [0.2, 0.25) is 0 Å². The first kappa shape index (κ1) is 13.8. The number of hydrogen-bond donors (Lipinski definition) is 1. The molecule has 0 aliphatic heterocycles. The summed E-state index contributed by atoms with van der Waals surface area (Å²) in [5, 5.41) is 3.42. The Bertz CT molecular complexity index is 626. The highest BCUT2D eigenvalue weighted by atomic mass is 79.9. The van der Waals surface area contributed by atoms with Crippen LogP contribution in [0, 0.1) is 11.7 Å². The van der Waals surface area contributed by atoms with Gasteiger partial charge in [-0.25, -0.2) is 4.39 Å². The predicted molar refractivity (Wildman–Crippen MR) is 83.2 cm³/mol. The predicted octanol–water partition coefficient (Wildman–Crippen LogP) is 4.26. The van der Waals surface area contributed by atoms with Gasteiger partial charge < -0.3 is 5.32 Å². The van der Waals surface area contributed by atoms with Crippen molar-refractivity contribution in [2.75, 3.05) is 7.05 Å². The lowest BCUT2D eigenvalue weighted by atomic mass is 9.93. The minimum absolute atomic E-state index is 0.181. The molecular weight excluding hydrogens is 317 g/mol. The largest absolute Gasteiger partial charge is 0.313 e. The Hall–Kier alpha value is -1.19. The molecule has 0 aromatic heterocycles. The second-order valence-corrected chi connectivity index (χ2v) is 6.14. The van der Waals surface area contributed by atoms with Gasteiger partial charge in [-0.05, 0) is 64.5 Å². The fraction of sp³-hybridized carbons (Fsp3) is 0.294. The molecule has 0 saturated heterocycles. The molecule has 0 amide bonds. The second-order valence-electron chi connectivity index (χ2n) is 5.35. The molecule has 104 valence electrons. The standard InChI is InChI=1S/C17H17BrFN/c1-20-17-13(9-11-5-2-3-7-14(11)17)10-12-6-4-8-15(19)16(12)18/h2-8,13,17,20H,9-10H2,1H3. The third-order valence-electron chi connectivity index (χ3n) is 4.17. The fourth-order valence-electron chi connectivity index (χ4n) is 3.25. The molecule has 1 nitrogen and oxygen atoms in total. The molecule has 0 radical (unpaired) electrons. The molecule has 0 fully saturated rings. The summed E-state index contributed by atoms with van der Waals surface area (Å²) >= 11 is 3.37. The van der Waals surface area contributed by atoms with Gasteiger partial charge in [0.25, 0.3) is 0 Å². The lowest BCUT2D eigenvalue weighted by Gasteiger charge is -2.20. The van der Waals surface area contributed by atoms with Crippen molar-refractivity contribution in [1.82, 2.24) is 5.32 Å². The zero-order valence-electron chi connectivity index (χ0n) is 11.4. The molecule has 0 saturated carbocycles. The second kappa shape index (κ2) is 5.66. The maximum Gasteiger partial charge on any atom is 0.137 e. The maximum atomic E-state index is 13.6. The van der Waals surface area contributed by atoms with Crippen molar-refractivity contribution in [2.24, 2.45) is 5.92 Å². The Balaban J connectivity index is 1.87. The lowest BCUT2D eigenvalue weighted by molar-refractivity contribution is 0.409. The highest BCUT2D eigenvalue weighted by Crippen LogP contribution is 2.38. The first-order chi connectivity index (χ1) is 9.70. The molecule has 2 aromatic rings. The van der Waals surface area contributed by atoms with Crippen molar-refractivity contribution in [3.05, 3.63) is 69.4 Å². The Morgan fingerprint density at radius 1 is 1.20 bits per heavy atom. The van der Waals surface area contributed by atoms with Crippen molar-refractivity contribution in [3.63, 3.8) is 0 Å². The average molecular weight is 334 g/mol. The number of benzene rings is 2. The van der Waals surface area contributed by atoms with E-state index in [1.807, 2.05) is 13.1 Å². The van der Waals surface area contributed by atoms with Gasteiger partial charge in [0.2, 0.25) is 0 Å². The van der Waals surface area contributed by atoms with Crippen LogP contribution in [0.5, 0.6) is 0 Å². The average Bonchev–Trinajstić information content (AvgIpc) is 2.81. The first-order valence-corrected chi connectivity index (χ1v) is 7.68. The zero-order chi connectivity index (χ0) is 14.1. The molecule has 0 heterocycles. The van der Waals surface area contributed by atoms with Gasteiger partial charge in [0.05, 0.1) is 4.47 Å². The molecule has 1 aliphatic carbocycles. The molecule has 3 heteroatoms. The van der Waals surface area contributed by atoms with E-state index in [0.29, 0.717) is 16.4 Å². The monoisotopic (exact) mass is 333 g/mol. The van der Waals surface area contributed by atoms with Crippen molar-refractivity contribution in [1.29, 1.82) is 0 Å². The molecule has 2 unspecified atom stereocenters. The van der Waals surface area contributed by atoms with Crippen LogP contribution in [0.1, 0.15) is 22.7 Å². The van der Waals surface area contributed by atoms with Crippen LogP contribution in [-0.4, -0.2) is 7.05 Å². The van der Waals surface area contributed by atoms with Gasteiger partial charge >= 0.3 is 0 Å². The van der Waals surface area contributed by atoms with Crippen molar-refractivity contribution < 1.29 is 4.39 Å². The highest BCUT2D eigenvalue weighted by molar-refractivity contribution is 9.10. The van der Waals surface area contributed by atoms with E-state index in [9.17, 15) is 4.39 Å². The number of nitrogens with one attached hydrogen (secondary N) is 1. The molecule has 0 bridgehead atoms. The molecule has 0 spiro atoms.